The SMILES string of the molecule is CNc1ncc(Cl)c(Oc2c(C)ccc(C)c2C)n1. The molecule has 5 heteroatoms. The van der Waals surface area contributed by atoms with Crippen molar-refractivity contribution in [1.29, 1.82) is 0 Å². The average Bonchev–Trinajstić information content (AvgIpc) is 2.41. The molecule has 0 aliphatic rings. The predicted octanol–water partition coefficient (Wildman–Crippen LogP) is 3.89. The molecule has 0 spiro atoms. The molecule has 0 radical (unpaired) electrons. The van der Waals surface area contributed by atoms with Crippen LogP contribution in [0.3, 0.4) is 0 Å². The molecule has 100 valence electrons. The van der Waals surface area contributed by atoms with Crippen LogP contribution in [0.2, 0.25) is 5.02 Å². The minimum absolute atomic E-state index is 0.359. The number of ether oxygens (including phenoxy) is 1. The van der Waals surface area contributed by atoms with Crippen LogP contribution in [0, 0.1) is 20.8 Å². The zero-order chi connectivity index (χ0) is 14.0. The zero-order valence-corrected chi connectivity index (χ0v) is 12.2. The molecular formula is C14H16ClN3O. The van der Waals surface area contributed by atoms with E-state index in [0.717, 1.165) is 16.9 Å². The summed E-state index contributed by atoms with van der Waals surface area (Å²) in [5.74, 6) is 1.63. The van der Waals surface area contributed by atoms with Crippen LogP contribution in [0.25, 0.3) is 0 Å². The highest BCUT2D eigenvalue weighted by Gasteiger charge is 2.12. The van der Waals surface area contributed by atoms with Gasteiger partial charge >= 0.3 is 0 Å². The minimum atomic E-state index is 0.359. The van der Waals surface area contributed by atoms with Gasteiger partial charge in [-0.3, -0.25) is 0 Å². The number of aryl methyl sites for hydroxylation is 2. The second-order valence-corrected chi connectivity index (χ2v) is 4.76. The van der Waals surface area contributed by atoms with Gasteiger partial charge in [-0.15, -0.1) is 0 Å². The summed E-state index contributed by atoms with van der Waals surface area (Å²) in [6, 6.07) is 4.09. The van der Waals surface area contributed by atoms with Gasteiger partial charge < -0.3 is 10.1 Å². The molecule has 0 aliphatic carbocycles. The van der Waals surface area contributed by atoms with E-state index < -0.39 is 0 Å². The van der Waals surface area contributed by atoms with E-state index in [1.54, 1.807) is 7.05 Å². The molecule has 1 heterocycles. The Bertz CT molecular complexity index is 614. The molecule has 1 N–H and O–H groups in total. The lowest BCUT2D eigenvalue weighted by atomic mass is 10.1. The van der Waals surface area contributed by atoms with Crippen LogP contribution in [0.5, 0.6) is 11.6 Å². The second kappa shape index (κ2) is 5.45. The first-order valence-electron chi connectivity index (χ1n) is 5.98. The van der Waals surface area contributed by atoms with Crippen molar-refractivity contribution in [2.24, 2.45) is 0 Å². The number of rotatable bonds is 3. The molecule has 0 bridgehead atoms. The molecule has 0 atom stereocenters. The van der Waals surface area contributed by atoms with Crippen LogP contribution in [-0.4, -0.2) is 17.0 Å². The van der Waals surface area contributed by atoms with Crippen molar-refractivity contribution >= 4 is 17.5 Å². The van der Waals surface area contributed by atoms with Gasteiger partial charge in [-0.2, -0.15) is 4.98 Å². The van der Waals surface area contributed by atoms with Crippen LogP contribution >= 0.6 is 11.6 Å². The lowest BCUT2D eigenvalue weighted by molar-refractivity contribution is 0.455. The van der Waals surface area contributed by atoms with E-state index in [9.17, 15) is 0 Å². The smallest absolute Gasteiger partial charge is 0.243 e. The summed E-state index contributed by atoms with van der Waals surface area (Å²) >= 11 is 6.07. The lowest BCUT2D eigenvalue weighted by Crippen LogP contribution is -2.00. The fraction of sp³-hybridized carbons (Fsp3) is 0.286. The van der Waals surface area contributed by atoms with Gasteiger partial charge in [0.1, 0.15) is 10.8 Å². The van der Waals surface area contributed by atoms with E-state index in [0.29, 0.717) is 16.9 Å². The van der Waals surface area contributed by atoms with Crippen molar-refractivity contribution in [3.8, 4) is 11.6 Å². The predicted molar refractivity (Wildman–Crippen MR) is 77.3 cm³/mol. The Morgan fingerprint density at radius 2 is 1.84 bits per heavy atom. The Kier molecular flexibility index (Phi) is 3.90. The van der Waals surface area contributed by atoms with Crippen LogP contribution in [0.4, 0.5) is 5.95 Å². The van der Waals surface area contributed by atoms with E-state index in [-0.39, 0.29) is 0 Å². The molecule has 4 nitrogen and oxygen atoms in total. The van der Waals surface area contributed by atoms with E-state index >= 15 is 0 Å². The van der Waals surface area contributed by atoms with Crippen molar-refractivity contribution in [3.05, 3.63) is 40.0 Å². The third kappa shape index (κ3) is 2.79. The third-order valence-electron chi connectivity index (χ3n) is 3.01. The van der Waals surface area contributed by atoms with E-state index in [1.807, 2.05) is 26.8 Å². The first-order valence-corrected chi connectivity index (χ1v) is 6.35. The second-order valence-electron chi connectivity index (χ2n) is 4.35. The standard InChI is InChI=1S/C14H16ClN3O/c1-8-5-6-9(2)12(10(8)3)19-13-11(15)7-17-14(16-4)18-13/h5-7H,1-4H3,(H,16,17,18). The maximum atomic E-state index is 6.07. The number of halogens is 1. The molecule has 2 aromatic rings. The Hall–Kier alpha value is -1.81. The summed E-state index contributed by atoms with van der Waals surface area (Å²) in [5, 5.41) is 3.25. The number of anilines is 1. The van der Waals surface area contributed by atoms with Crippen molar-refractivity contribution in [1.82, 2.24) is 9.97 Å². The summed E-state index contributed by atoms with van der Waals surface area (Å²) < 4.78 is 5.87. The molecule has 2 rings (SSSR count). The highest BCUT2D eigenvalue weighted by Crippen LogP contribution is 2.33. The van der Waals surface area contributed by atoms with Crippen molar-refractivity contribution in [2.75, 3.05) is 12.4 Å². The Morgan fingerprint density at radius 1 is 1.16 bits per heavy atom. The quantitative estimate of drug-likeness (QED) is 0.925. The summed E-state index contributed by atoms with van der Waals surface area (Å²) in [6.45, 7) is 6.06. The maximum absolute atomic E-state index is 6.07. The topological polar surface area (TPSA) is 47.0 Å². The molecule has 19 heavy (non-hydrogen) atoms. The van der Waals surface area contributed by atoms with Gasteiger partial charge in [0.25, 0.3) is 0 Å². The average molecular weight is 278 g/mol. The fourth-order valence-corrected chi connectivity index (χ4v) is 1.85. The minimum Gasteiger partial charge on any atom is -0.437 e. The fourth-order valence-electron chi connectivity index (χ4n) is 1.72. The number of nitrogens with one attached hydrogen (secondary N) is 1. The number of aromatic nitrogens is 2. The van der Waals surface area contributed by atoms with Crippen LogP contribution in [0.15, 0.2) is 18.3 Å². The molecule has 0 unspecified atom stereocenters. The zero-order valence-electron chi connectivity index (χ0n) is 11.4. The van der Waals surface area contributed by atoms with Gasteiger partial charge in [-0.1, -0.05) is 23.7 Å². The third-order valence-corrected chi connectivity index (χ3v) is 3.27. The van der Waals surface area contributed by atoms with Gasteiger partial charge in [-0.05, 0) is 37.5 Å². The van der Waals surface area contributed by atoms with E-state index in [2.05, 4.69) is 21.4 Å². The van der Waals surface area contributed by atoms with Crippen LogP contribution in [-0.2, 0) is 0 Å². The number of benzene rings is 1. The molecule has 0 amide bonds. The van der Waals surface area contributed by atoms with Crippen LogP contribution < -0.4 is 10.1 Å². The lowest BCUT2D eigenvalue weighted by Gasteiger charge is -2.14. The highest BCUT2D eigenvalue weighted by molar-refractivity contribution is 6.31. The molecule has 0 saturated heterocycles. The molecule has 0 saturated carbocycles. The van der Waals surface area contributed by atoms with Gasteiger partial charge in [0, 0.05) is 7.05 Å². The maximum Gasteiger partial charge on any atom is 0.243 e. The summed E-state index contributed by atoms with van der Waals surface area (Å²) in [4.78, 5) is 8.25. The Balaban J connectivity index is 2.44. The van der Waals surface area contributed by atoms with Crippen molar-refractivity contribution in [2.45, 2.75) is 20.8 Å². The van der Waals surface area contributed by atoms with Gasteiger partial charge in [0.15, 0.2) is 0 Å². The van der Waals surface area contributed by atoms with Crippen molar-refractivity contribution < 1.29 is 4.74 Å². The molecule has 0 fully saturated rings. The Labute approximate surface area is 117 Å². The van der Waals surface area contributed by atoms with Crippen molar-refractivity contribution in [3.63, 3.8) is 0 Å². The Morgan fingerprint density at radius 3 is 2.53 bits per heavy atom. The van der Waals surface area contributed by atoms with Gasteiger partial charge in [-0.25, -0.2) is 4.98 Å². The van der Waals surface area contributed by atoms with E-state index in [1.165, 1.54) is 11.8 Å². The van der Waals surface area contributed by atoms with Gasteiger partial charge in [0.05, 0.1) is 6.20 Å². The molecular weight excluding hydrogens is 262 g/mol. The summed E-state index contributed by atoms with van der Waals surface area (Å²) in [5.41, 5.74) is 3.30. The molecule has 1 aromatic heterocycles. The number of hydrogen-bond acceptors (Lipinski definition) is 4. The highest BCUT2D eigenvalue weighted by atomic mass is 35.5. The summed E-state index contributed by atoms with van der Waals surface area (Å²) in [6.07, 6.45) is 1.52. The van der Waals surface area contributed by atoms with Gasteiger partial charge in [0.2, 0.25) is 11.8 Å². The largest absolute Gasteiger partial charge is 0.437 e. The normalized spacial score (nSPS) is 10.4. The number of nitrogens with zero attached hydrogens (tertiary/aromatic N) is 2. The molecule has 1 aromatic carbocycles. The van der Waals surface area contributed by atoms with E-state index in [4.69, 9.17) is 16.3 Å². The number of hydrogen-bond donors (Lipinski definition) is 1. The molecule has 0 aliphatic heterocycles. The first-order chi connectivity index (χ1) is 9.02. The first kappa shape index (κ1) is 13.6. The summed E-state index contributed by atoms with van der Waals surface area (Å²) in [7, 11) is 1.75. The monoisotopic (exact) mass is 277 g/mol. The van der Waals surface area contributed by atoms with Crippen LogP contribution in [0.1, 0.15) is 16.7 Å².